The van der Waals surface area contributed by atoms with Crippen LogP contribution in [0.4, 0.5) is 0 Å². The van der Waals surface area contributed by atoms with Crippen LogP contribution in [0.15, 0.2) is 54.6 Å². The van der Waals surface area contributed by atoms with Crippen molar-refractivity contribution in [3.8, 4) is 5.75 Å². The Kier molecular flexibility index (Phi) is 5.87. The average Bonchev–Trinajstić information content (AvgIpc) is 3.13. The molecule has 0 aromatic heterocycles. The summed E-state index contributed by atoms with van der Waals surface area (Å²) in [5.41, 5.74) is 1.74. The molecule has 0 N–H and O–H groups in total. The molecule has 2 saturated heterocycles. The molecule has 1 amide bonds. The fourth-order valence-electron chi connectivity index (χ4n) is 3.97. The lowest BCUT2D eigenvalue weighted by atomic mass is 10.1. The van der Waals surface area contributed by atoms with E-state index in [1.54, 1.807) is 12.1 Å². The molecule has 2 aromatic rings. The van der Waals surface area contributed by atoms with Gasteiger partial charge < -0.3 is 9.64 Å². The van der Waals surface area contributed by atoms with Crippen molar-refractivity contribution < 1.29 is 17.9 Å². The summed E-state index contributed by atoms with van der Waals surface area (Å²) in [5.74, 6) is 1.29. The molecule has 0 aliphatic carbocycles. The van der Waals surface area contributed by atoms with Crippen molar-refractivity contribution in [3.63, 3.8) is 0 Å². The maximum Gasteiger partial charge on any atom is 0.253 e. The molecule has 1 atom stereocenters. The largest absolute Gasteiger partial charge is 0.489 e. The third-order valence-corrected chi connectivity index (χ3v) is 7.43. The van der Waals surface area contributed by atoms with Gasteiger partial charge in [0.25, 0.3) is 5.91 Å². The first-order chi connectivity index (χ1) is 14.0. The fraction of sp³-hybridized carbons (Fsp3) is 0.409. The number of ether oxygens (including phenoxy) is 1. The van der Waals surface area contributed by atoms with Gasteiger partial charge in [-0.05, 0) is 36.2 Å². The molecule has 7 heteroatoms. The van der Waals surface area contributed by atoms with Gasteiger partial charge >= 0.3 is 0 Å². The van der Waals surface area contributed by atoms with Crippen LogP contribution in [0, 0.1) is 0 Å². The second-order valence-corrected chi connectivity index (χ2v) is 9.91. The van der Waals surface area contributed by atoms with Crippen molar-refractivity contribution in [2.24, 2.45) is 0 Å². The van der Waals surface area contributed by atoms with E-state index < -0.39 is 9.84 Å². The molecule has 2 heterocycles. The highest BCUT2D eigenvalue weighted by molar-refractivity contribution is 7.91. The van der Waals surface area contributed by atoms with Crippen molar-refractivity contribution in [2.45, 2.75) is 19.1 Å². The number of carbonyl (C=O) groups is 1. The van der Waals surface area contributed by atoms with E-state index in [1.165, 1.54) is 0 Å². The number of rotatable bonds is 5. The molecule has 0 spiro atoms. The van der Waals surface area contributed by atoms with Crippen LogP contribution in [0.5, 0.6) is 5.75 Å². The average molecular weight is 415 g/mol. The minimum Gasteiger partial charge on any atom is -0.489 e. The van der Waals surface area contributed by atoms with Crippen molar-refractivity contribution in [1.82, 2.24) is 9.80 Å². The number of piperazine rings is 1. The monoisotopic (exact) mass is 414 g/mol. The van der Waals surface area contributed by atoms with Crippen molar-refractivity contribution in [2.75, 3.05) is 37.7 Å². The molecule has 0 unspecified atom stereocenters. The first-order valence-corrected chi connectivity index (χ1v) is 11.8. The Morgan fingerprint density at radius 1 is 0.966 bits per heavy atom. The van der Waals surface area contributed by atoms with Crippen LogP contribution >= 0.6 is 0 Å². The number of hydrogen-bond acceptors (Lipinski definition) is 5. The zero-order valence-electron chi connectivity index (χ0n) is 16.4. The third-order valence-electron chi connectivity index (χ3n) is 5.68. The maximum absolute atomic E-state index is 12.8. The molecule has 29 heavy (non-hydrogen) atoms. The maximum atomic E-state index is 12.8. The van der Waals surface area contributed by atoms with E-state index in [-0.39, 0.29) is 23.5 Å². The number of hydrogen-bond donors (Lipinski definition) is 0. The van der Waals surface area contributed by atoms with Gasteiger partial charge in [-0.2, -0.15) is 0 Å². The summed E-state index contributed by atoms with van der Waals surface area (Å²) in [6.07, 6.45) is 0.709. The molecule has 2 aromatic carbocycles. The summed E-state index contributed by atoms with van der Waals surface area (Å²) in [6.45, 7) is 3.20. The molecule has 0 bridgehead atoms. The van der Waals surface area contributed by atoms with Crippen LogP contribution in [0.2, 0.25) is 0 Å². The van der Waals surface area contributed by atoms with Gasteiger partial charge in [0.05, 0.1) is 11.5 Å². The van der Waals surface area contributed by atoms with Gasteiger partial charge in [0.2, 0.25) is 0 Å². The minimum atomic E-state index is -2.88. The Morgan fingerprint density at radius 3 is 2.28 bits per heavy atom. The van der Waals surface area contributed by atoms with Gasteiger partial charge in [-0.1, -0.05) is 30.3 Å². The van der Waals surface area contributed by atoms with E-state index in [1.807, 2.05) is 47.4 Å². The number of amides is 1. The molecule has 2 aliphatic heterocycles. The van der Waals surface area contributed by atoms with E-state index in [9.17, 15) is 13.2 Å². The Hall–Kier alpha value is -2.38. The zero-order chi connectivity index (χ0) is 20.3. The minimum absolute atomic E-state index is 0.0123. The molecule has 0 radical (unpaired) electrons. The molecule has 2 aliphatic rings. The molecule has 2 fully saturated rings. The summed E-state index contributed by atoms with van der Waals surface area (Å²) in [4.78, 5) is 16.9. The van der Waals surface area contributed by atoms with Crippen LogP contribution in [-0.2, 0) is 16.4 Å². The fourth-order valence-corrected chi connectivity index (χ4v) is 5.73. The Bertz CT molecular complexity index is 937. The summed E-state index contributed by atoms with van der Waals surface area (Å²) in [5, 5.41) is 0. The summed E-state index contributed by atoms with van der Waals surface area (Å²) < 4.78 is 29.2. The predicted molar refractivity (Wildman–Crippen MR) is 112 cm³/mol. The van der Waals surface area contributed by atoms with Gasteiger partial charge in [-0.15, -0.1) is 0 Å². The highest BCUT2D eigenvalue weighted by Gasteiger charge is 2.34. The van der Waals surface area contributed by atoms with Gasteiger partial charge in [0.1, 0.15) is 12.4 Å². The Balaban J connectivity index is 1.28. The lowest BCUT2D eigenvalue weighted by Gasteiger charge is -2.37. The Labute approximate surface area is 172 Å². The first kappa shape index (κ1) is 19.9. The van der Waals surface area contributed by atoms with E-state index in [4.69, 9.17) is 4.74 Å². The third kappa shape index (κ3) is 4.97. The lowest BCUT2D eigenvalue weighted by molar-refractivity contribution is 0.0588. The van der Waals surface area contributed by atoms with E-state index >= 15 is 0 Å². The zero-order valence-corrected chi connectivity index (χ0v) is 17.2. The molecule has 154 valence electrons. The first-order valence-electron chi connectivity index (χ1n) is 10.0. The van der Waals surface area contributed by atoms with Crippen molar-refractivity contribution in [3.05, 3.63) is 65.7 Å². The number of benzene rings is 2. The van der Waals surface area contributed by atoms with Gasteiger partial charge in [0.15, 0.2) is 9.84 Å². The van der Waals surface area contributed by atoms with Gasteiger partial charge in [0, 0.05) is 37.8 Å². The van der Waals surface area contributed by atoms with Gasteiger partial charge in [-0.3, -0.25) is 9.69 Å². The summed E-state index contributed by atoms with van der Waals surface area (Å²) in [7, 11) is -2.88. The highest BCUT2D eigenvalue weighted by atomic mass is 32.2. The van der Waals surface area contributed by atoms with Crippen LogP contribution < -0.4 is 4.74 Å². The van der Waals surface area contributed by atoms with E-state index in [2.05, 4.69) is 4.90 Å². The van der Waals surface area contributed by atoms with Crippen LogP contribution in [0.3, 0.4) is 0 Å². The number of nitrogens with zero attached hydrogens (tertiary/aromatic N) is 2. The summed E-state index contributed by atoms with van der Waals surface area (Å²) >= 11 is 0. The second-order valence-electron chi connectivity index (χ2n) is 7.68. The lowest BCUT2D eigenvalue weighted by Crippen LogP contribution is -2.52. The SMILES string of the molecule is O=C(c1ccc(OCc2ccccc2)cc1)N1CCN([C@H]2CCS(=O)(=O)C2)CC1. The summed E-state index contributed by atoms with van der Waals surface area (Å²) in [6, 6.07) is 17.3. The predicted octanol–water partition coefficient (Wildman–Crippen LogP) is 2.21. The smallest absolute Gasteiger partial charge is 0.253 e. The van der Waals surface area contributed by atoms with Crippen molar-refractivity contribution >= 4 is 15.7 Å². The van der Waals surface area contributed by atoms with Crippen LogP contribution in [0.25, 0.3) is 0 Å². The normalized spacial score (nSPS) is 21.8. The van der Waals surface area contributed by atoms with E-state index in [0.717, 1.165) is 24.4 Å². The number of carbonyl (C=O) groups excluding carboxylic acids is 1. The number of sulfone groups is 1. The molecular weight excluding hydrogens is 388 g/mol. The van der Waals surface area contributed by atoms with Crippen LogP contribution in [0.1, 0.15) is 22.3 Å². The standard InChI is InChI=1S/C22H26N2O4S/c25-22(24-13-11-23(12-14-24)20-10-15-29(26,27)17-20)19-6-8-21(9-7-19)28-16-18-4-2-1-3-5-18/h1-9,20H,10-17H2/t20-/m0/s1. The van der Waals surface area contributed by atoms with Crippen molar-refractivity contribution in [1.29, 1.82) is 0 Å². The Morgan fingerprint density at radius 2 is 1.66 bits per heavy atom. The molecular formula is C22H26N2O4S. The highest BCUT2D eigenvalue weighted by Crippen LogP contribution is 2.21. The molecule has 6 nitrogen and oxygen atoms in total. The molecule has 0 saturated carbocycles. The van der Waals surface area contributed by atoms with Crippen LogP contribution in [-0.4, -0.2) is 67.9 Å². The topological polar surface area (TPSA) is 66.9 Å². The van der Waals surface area contributed by atoms with Gasteiger partial charge in [-0.25, -0.2) is 8.42 Å². The molecule has 4 rings (SSSR count). The van der Waals surface area contributed by atoms with E-state index in [0.29, 0.717) is 31.7 Å². The quantitative estimate of drug-likeness (QED) is 0.751. The second kappa shape index (κ2) is 8.55.